The van der Waals surface area contributed by atoms with Crippen LogP contribution in [-0.4, -0.2) is 37.2 Å². The Bertz CT molecular complexity index is 1660. The Morgan fingerprint density at radius 1 is 0.253 bits per heavy atom. The van der Waals surface area contributed by atoms with Gasteiger partial charge in [0.25, 0.3) is 0 Å². The van der Waals surface area contributed by atoms with Crippen LogP contribution in [0.5, 0.6) is 0 Å². The highest BCUT2D eigenvalue weighted by Gasteiger charge is 2.19. The van der Waals surface area contributed by atoms with Gasteiger partial charge in [-0.2, -0.15) is 0 Å². The minimum Gasteiger partial charge on any atom is -0.462 e. The van der Waals surface area contributed by atoms with Gasteiger partial charge in [-0.3, -0.25) is 14.4 Å². The predicted octanol–water partition coefficient (Wildman–Crippen LogP) is 24.6. The molecule has 0 aromatic rings. The van der Waals surface area contributed by atoms with Crippen LogP contribution in [-0.2, 0) is 28.6 Å². The highest BCUT2D eigenvalue weighted by atomic mass is 16.6. The molecule has 0 aliphatic rings. The van der Waals surface area contributed by atoms with Crippen LogP contribution in [0.15, 0.2) is 109 Å². The quantitative estimate of drug-likeness (QED) is 0.0261. The summed E-state index contributed by atoms with van der Waals surface area (Å²) < 4.78 is 17.0. The lowest BCUT2D eigenvalue weighted by atomic mass is 10.0. The van der Waals surface area contributed by atoms with Crippen LogP contribution in [0.3, 0.4) is 0 Å². The third kappa shape index (κ3) is 68.7. The van der Waals surface area contributed by atoms with Crippen molar-refractivity contribution in [3.8, 4) is 0 Å². The number of hydrogen-bond donors (Lipinski definition) is 0. The maximum Gasteiger partial charge on any atom is 0.306 e. The predicted molar refractivity (Wildman–Crippen MR) is 362 cm³/mol. The zero-order chi connectivity index (χ0) is 59.9. The number of hydrogen-bond acceptors (Lipinski definition) is 6. The molecule has 0 aromatic carbocycles. The van der Waals surface area contributed by atoms with Crippen molar-refractivity contribution < 1.29 is 28.6 Å². The van der Waals surface area contributed by atoms with Gasteiger partial charge in [0, 0.05) is 19.3 Å². The molecule has 0 bridgehead atoms. The fraction of sp³-hybridized carbons (Fsp3) is 0.727. The molecule has 0 aromatic heterocycles. The molecule has 0 spiro atoms. The van der Waals surface area contributed by atoms with Crippen LogP contribution in [0, 0.1) is 0 Å². The molecule has 6 nitrogen and oxygen atoms in total. The monoisotopic (exact) mass is 1150 g/mol. The van der Waals surface area contributed by atoms with E-state index in [4.69, 9.17) is 14.2 Å². The summed E-state index contributed by atoms with van der Waals surface area (Å²) >= 11 is 0. The Balaban J connectivity index is 4.36. The van der Waals surface area contributed by atoms with Gasteiger partial charge >= 0.3 is 17.9 Å². The number of allylic oxidation sites excluding steroid dienone is 18. The van der Waals surface area contributed by atoms with Crippen molar-refractivity contribution >= 4 is 17.9 Å². The molecule has 0 fully saturated rings. The van der Waals surface area contributed by atoms with Gasteiger partial charge in [-0.1, -0.05) is 304 Å². The van der Waals surface area contributed by atoms with Crippen molar-refractivity contribution in [1.82, 2.24) is 0 Å². The number of carbonyl (C=O) groups excluding carboxylic acids is 3. The van der Waals surface area contributed by atoms with E-state index in [1.54, 1.807) is 0 Å². The highest BCUT2D eigenvalue weighted by Crippen LogP contribution is 2.17. The smallest absolute Gasteiger partial charge is 0.306 e. The average molecular weight is 1150 g/mol. The second-order valence-corrected chi connectivity index (χ2v) is 23.4. The summed E-state index contributed by atoms with van der Waals surface area (Å²) in [5, 5.41) is 0. The molecule has 0 aliphatic heterocycles. The summed E-state index contributed by atoms with van der Waals surface area (Å²) in [6.07, 6.45) is 96.7. The van der Waals surface area contributed by atoms with E-state index >= 15 is 0 Å². The van der Waals surface area contributed by atoms with E-state index < -0.39 is 6.10 Å². The van der Waals surface area contributed by atoms with Crippen LogP contribution >= 0.6 is 0 Å². The second-order valence-electron chi connectivity index (χ2n) is 23.4. The van der Waals surface area contributed by atoms with Crippen molar-refractivity contribution in [3.63, 3.8) is 0 Å². The summed E-state index contributed by atoms with van der Waals surface area (Å²) in [4.78, 5) is 38.5. The number of unbranched alkanes of at least 4 members (excludes halogenated alkanes) is 35. The minimum absolute atomic E-state index is 0.0845. The summed E-state index contributed by atoms with van der Waals surface area (Å²) in [7, 11) is 0. The Labute approximate surface area is 514 Å². The second kappa shape index (κ2) is 70.6. The number of rotatable bonds is 64. The average Bonchev–Trinajstić information content (AvgIpc) is 3.50. The third-order valence-electron chi connectivity index (χ3n) is 15.2. The number of ether oxygens (including phenoxy) is 3. The van der Waals surface area contributed by atoms with Crippen LogP contribution in [0.4, 0.5) is 0 Å². The molecular formula is C77H132O6. The first-order valence-electron chi connectivity index (χ1n) is 35.4. The normalized spacial score (nSPS) is 12.8. The first-order chi connectivity index (χ1) is 41.0. The van der Waals surface area contributed by atoms with Crippen molar-refractivity contribution in [2.45, 2.75) is 348 Å². The largest absolute Gasteiger partial charge is 0.462 e. The van der Waals surface area contributed by atoms with E-state index in [2.05, 4.69) is 130 Å². The van der Waals surface area contributed by atoms with E-state index in [1.165, 1.54) is 186 Å². The van der Waals surface area contributed by atoms with Gasteiger partial charge in [0.2, 0.25) is 0 Å². The van der Waals surface area contributed by atoms with Gasteiger partial charge in [-0.25, -0.2) is 0 Å². The third-order valence-corrected chi connectivity index (χ3v) is 15.2. The van der Waals surface area contributed by atoms with Gasteiger partial charge in [0.15, 0.2) is 6.10 Å². The van der Waals surface area contributed by atoms with E-state index in [-0.39, 0.29) is 31.1 Å². The topological polar surface area (TPSA) is 78.9 Å². The van der Waals surface area contributed by atoms with Crippen molar-refractivity contribution in [3.05, 3.63) is 109 Å². The zero-order valence-electron chi connectivity index (χ0n) is 54.7. The lowest BCUT2D eigenvalue weighted by Crippen LogP contribution is -2.30. The molecule has 0 heterocycles. The molecule has 476 valence electrons. The molecule has 0 saturated heterocycles. The molecule has 83 heavy (non-hydrogen) atoms. The zero-order valence-corrected chi connectivity index (χ0v) is 54.7. The van der Waals surface area contributed by atoms with E-state index in [9.17, 15) is 14.4 Å². The van der Waals surface area contributed by atoms with Crippen LogP contribution < -0.4 is 0 Å². The van der Waals surface area contributed by atoms with E-state index in [1.807, 2.05) is 0 Å². The maximum absolute atomic E-state index is 13.0. The molecule has 0 amide bonds. The number of esters is 3. The SMILES string of the molecule is CC/C=C\C/C=C\C/C=C\C/C=C\CCCCCCCCCCC(=O)OC(COC(=O)CCCCCCCCC/C=C\C/C=C\CCCCC)COC(=O)CCCCCCCCCCCCCC/C=C\C/C=C\C/C=C\CCCCCCC. The van der Waals surface area contributed by atoms with Crippen LogP contribution in [0.1, 0.15) is 342 Å². The fourth-order valence-electron chi connectivity index (χ4n) is 9.94. The molecule has 0 N–H and O–H groups in total. The molecule has 0 radical (unpaired) electrons. The summed E-state index contributed by atoms with van der Waals surface area (Å²) in [5.41, 5.74) is 0. The molecule has 0 aliphatic carbocycles. The van der Waals surface area contributed by atoms with Gasteiger partial charge < -0.3 is 14.2 Å². The highest BCUT2D eigenvalue weighted by molar-refractivity contribution is 5.71. The van der Waals surface area contributed by atoms with Crippen molar-refractivity contribution in [2.75, 3.05) is 13.2 Å². The Morgan fingerprint density at radius 3 is 0.759 bits per heavy atom. The van der Waals surface area contributed by atoms with Crippen molar-refractivity contribution in [2.24, 2.45) is 0 Å². The molecule has 1 atom stereocenters. The van der Waals surface area contributed by atoms with Crippen LogP contribution in [0.2, 0.25) is 0 Å². The number of carbonyl (C=O) groups is 3. The maximum atomic E-state index is 13.0. The molecule has 0 saturated carbocycles. The Hall–Kier alpha value is -3.93. The molecule has 1 unspecified atom stereocenters. The first kappa shape index (κ1) is 79.1. The van der Waals surface area contributed by atoms with E-state index in [0.717, 1.165) is 116 Å². The summed E-state index contributed by atoms with van der Waals surface area (Å²) in [5.74, 6) is -0.889. The van der Waals surface area contributed by atoms with Crippen molar-refractivity contribution in [1.29, 1.82) is 0 Å². The standard InChI is InChI=1S/C77H132O6/c1-4-7-10-13-16-19-22-25-28-31-33-35-36-37-38-39-40-42-43-46-49-52-55-58-61-64-67-70-76(79)82-73-74(72-81-75(78)69-66-63-60-57-54-51-48-45-30-27-24-21-18-15-12-9-6-3)83-77(80)71-68-65-62-59-56-53-50-47-44-41-34-32-29-26-23-20-17-14-11-8-5-2/h8,11,17-18,20-22,25-27,29-31,33-34,36-37,41,74H,4-7,9-10,12-16,19,23-24,28,32,35,38-40,42-73H2,1-3H3/b11-8-,20-17-,21-18-,25-22-,29-26-,30-27-,33-31-,37-36-,41-34-. The summed E-state index contributed by atoms with van der Waals surface area (Å²) in [6.45, 7) is 6.51. The summed E-state index contributed by atoms with van der Waals surface area (Å²) in [6, 6.07) is 0. The Morgan fingerprint density at radius 2 is 0.470 bits per heavy atom. The van der Waals surface area contributed by atoms with E-state index in [0.29, 0.717) is 19.3 Å². The molecular weight excluding hydrogens is 1020 g/mol. The lowest BCUT2D eigenvalue weighted by Gasteiger charge is -2.18. The van der Waals surface area contributed by atoms with Gasteiger partial charge in [-0.05, 0) is 128 Å². The fourth-order valence-corrected chi connectivity index (χ4v) is 9.94. The van der Waals surface area contributed by atoms with Gasteiger partial charge in [-0.15, -0.1) is 0 Å². The molecule has 0 rings (SSSR count). The first-order valence-corrected chi connectivity index (χ1v) is 35.4. The Kier molecular flexibility index (Phi) is 67.2. The van der Waals surface area contributed by atoms with Gasteiger partial charge in [0.1, 0.15) is 13.2 Å². The molecule has 6 heteroatoms. The lowest BCUT2D eigenvalue weighted by molar-refractivity contribution is -0.167. The van der Waals surface area contributed by atoms with Crippen LogP contribution in [0.25, 0.3) is 0 Å². The van der Waals surface area contributed by atoms with Gasteiger partial charge in [0.05, 0.1) is 0 Å². The minimum atomic E-state index is -0.791.